The highest BCUT2D eigenvalue weighted by Gasteiger charge is 2.44. The molecular weight excluding hydrogens is 356 g/mol. The van der Waals surface area contributed by atoms with E-state index in [1.54, 1.807) is 0 Å². The molecule has 1 fully saturated rings. The zero-order valence-corrected chi connectivity index (χ0v) is 16.3. The number of benzene rings is 2. The minimum Gasteiger partial charge on any atom is -0.478 e. The van der Waals surface area contributed by atoms with E-state index in [1.807, 2.05) is 55.5 Å². The molecule has 0 atom stereocenters. The highest BCUT2D eigenvalue weighted by atomic mass is 16.5. The van der Waals surface area contributed by atoms with Gasteiger partial charge in [0.15, 0.2) is 0 Å². The van der Waals surface area contributed by atoms with Crippen molar-refractivity contribution >= 4 is 17.6 Å². The topological polar surface area (TPSA) is 78.9 Å². The van der Waals surface area contributed by atoms with Crippen LogP contribution >= 0.6 is 0 Å². The van der Waals surface area contributed by atoms with E-state index in [0.29, 0.717) is 31.7 Å². The van der Waals surface area contributed by atoms with E-state index in [2.05, 4.69) is 10.2 Å². The van der Waals surface area contributed by atoms with Crippen molar-refractivity contribution in [2.24, 2.45) is 0 Å². The lowest BCUT2D eigenvalue weighted by molar-refractivity contribution is -0.160. The quantitative estimate of drug-likeness (QED) is 0.800. The molecule has 3 rings (SSSR count). The number of hydrogen-bond donors (Lipinski definition) is 2. The van der Waals surface area contributed by atoms with Crippen molar-refractivity contribution in [3.63, 3.8) is 0 Å². The Morgan fingerprint density at radius 2 is 1.75 bits per heavy atom. The van der Waals surface area contributed by atoms with Crippen molar-refractivity contribution in [2.45, 2.75) is 38.8 Å². The number of aryl methyl sites for hydroxylation is 1. The monoisotopic (exact) mass is 382 g/mol. The molecule has 28 heavy (non-hydrogen) atoms. The predicted octanol–water partition coefficient (Wildman–Crippen LogP) is 3.45. The second-order valence-corrected chi connectivity index (χ2v) is 7.32. The third-order valence-electron chi connectivity index (χ3n) is 5.13. The summed E-state index contributed by atoms with van der Waals surface area (Å²) in [6, 6.07) is 15.2. The number of carboxylic acid groups (broad SMARTS) is 1. The van der Waals surface area contributed by atoms with Gasteiger partial charge in [-0.3, -0.25) is 9.69 Å². The second kappa shape index (κ2) is 8.44. The average molecular weight is 382 g/mol. The van der Waals surface area contributed by atoms with Crippen LogP contribution in [0.3, 0.4) is 0 Å². The van der Waals surface area contributed by atoms with E-state index in [0.717, 1.165) is 23.4 Å². The fraction of sp³-hybridized carbons (Fsp3) is 0.364. The summed E-state index contributed by atoms with van der Waals surface area (Å²) in [5, 5.41) is 12.6. The highest BCUT2D eigenvalue weighted by molar-refractivity contribution is 5.88. The van der Waals surface area contributed by atoms with Crippen LogP contribution in [0.2, 0.25) is 0 Å². The molecule has 148 valence electrons. The van der Waals surface area contributed by atoms with Crippen molar-refractivity contribution in [3.8, 4) is 5.75 Å². The number of carbonyl (C=O) groups is 2. The maximum Gasteiger partial charge on any atom is 0.348 e. The van der Waals surface area contributed by atoms with E-state index in [9.17, 15) is 14.7 Å². The molecule has 0 saturated carbocycles. The summed E-state index contributed by atoms with van der Waals surface area (Å²) in [7, 11) is 0. The molecule has 1 heterocycles. The van der Waals surface area contributed by atoms with Gasteiger partial charge in [0.2, 0.25) is 11.5 Å². The lowest BCUT2D eigenvalue weighted by Gasteiger charge is -2.39. The molecule has 2 aromatic carbocycles. The van der Waals surface area contributed by atoms with E-state index < -0.39 is 11.6 Å². The number of hydrogen-bond acceptors (Lipinski definition) is 4. The fourth-order valence-electron chi connectivity index (χ4n) is 3.47. The van der Waals surface area contributed by atoms with Gasteiger partial charge < -0.3 is 15.2 Å². The van der Waals surface area contributed by atoms with Crippen LogP contribution in [0.1, 0.15) is 30.9 Å². The molecule has 6 nitrogen and oxygen atoms in total. The number of rotatable bonds is 6. The summed E-state index contributed by atoms with van der Waals surface area (Å²) < 4.78 is 6.02. The summed E-state index contributed by atoms with van der Waals surface area (Å²) >= 11 is 0. The van der Waals surface area contributed by atoms with Gasteiger partial charge in [-0.05, 0) is 36.2 Å². The third-order valence-corrected chi connectivity index (χ3v) is 5.13. The lowest BCUT2D eigenvalue weighted by atomic mass is 9.90. The number of likely N-dealkylation sites (tertiary alicyclic amines) is 1. The molecule has 2 N–H and O–H groups in total. The Kier molecular flexibility index (Phi) is 5.99. The van der Waals surface area contributed by atoms with Crippen molar-refractivity contribution in [3.05, 3.63) is 59.7 Å². The zero-order chi connectivity index (χ0) is 20.1. The molecule has 0 spiro atoms. The lowest BCUT2D eigenvalue weighted by Crippen LogP contribution is -2.53. The van der Waals surface area contributed by atoms with Crippen LogP contribution in [0.25, 0.3) is 0 Å². The normalized spacial score (nSPS) is 16.4. The summed E-state index contributed by atoms with van der Waals surface area (Å²) in [5.74, 6) is -0.371. The molecule has 1 aliphatic heterocycles. The smallest absolute Gasteiger partial charge is 0.348 e. The zero-order valence-electron chi connectivity index (χ0n) is 16.3. The van der Waals surface area contributed by atoms with E-state index in [4.69, 9.17) is 4.74 Å². The number of para-hydroxylation sites is 1. The van der Waals surface area contributed by atoms with E-state index in [-0.39, 0.29) is 5.91 Å². The molecule has 0 aromatic heterocycles. The van der Waals surface area contributed by atoms with Gasteiger partial charge in [-0.2, -0.15) is 0 Å². The summed E-state index contributed by atoms with van der Waals surface area (Å²) in [6.45, 7) is 5.43. The number of carbonyl (C=O) groups excluding carboxylic acids is 1. The molecule has 1 amide bonds. The molecule has 0 unspecified atom stereocenters. The number of anilines is 1. The minimum absolute atomic E-state index is 0.0950. The van der Waals surface area contributed by atoms with E-state index >= 15 is 0 Å². The first-order valence-electron chi connectivity index (χ1n) is 9.45. The molecule has 0 aliphatic carbocycles. The second-order valence-electron chi connectivity index (χ2n) is 7.32. The van der Waals surface area contributed by atoms with Gasteiger partial charge in [0.1, 0.15) is 5.75 Å². The van der Waals surface area contributed by atoms with Crippen LogP contribution in [0, 0.1) is 6.92 Å². The first-order valence-corrected chi connectivity index (χ1v) is 9.45. The van der Waals surface area contributed by atoms with Gasteiger partial charge in [0.05, 0.1) is 0 Å². The third kappa shape index (κ3) is 4.70. The van der Waals surface area contributed by atoms with Gasteiger partial charge in [-0.25, -0.2) is 4.79 Å². The average Bonchev–Trinajstić information content (AvgIpc) is 2.66. The minimum atomic E-state index is -1.18. The molecule has 6 heteroatoms. The predicted molar refractivity (Wildman–Crippen MR) is 107 cm³/mol. The maximum atomic E-state index is 12.0. The van der Waals surface area contributed by atoms with Crippen LogP contribution in [0.4, 0.5) is 5.69 Å². The van der Waals surface area contributed by atoms with Crippen LogP contribution in [-0.4, -0.2) is 40.6 Å². The SMILES string of the molecule is CC(=O)Nc1ccc(CN2CCC(Oc3ccccc3C)(C(=O)O)CC2)cc1. The highest BCUT2D eigenvalue weighted by Crippen LogP contribution is 2.31. The number of carboxylic acids is 1. The van der Waals surface area contributed by atoms with Crippen LogP contribution in [0.15, 0.2) is 48.5 Å². The summed E-state index contributed by atoms with van der Waals surface area (Å²) in [5.41, 5.74) is 1.64. The van der Waals surface area contributed by atoms with Crippen LogP contribution in [0.5, 0.6) is 5.75 Å². The van der Waals surface area contributed by atoms with Gasteiger partial charge >= 0.3 is 5.97 Å². The maximum absolute atomic E-state index is 12.0. The number of piperidine rings is 1. The van der Waals surface area contributed by atoms with Gasteiger partial charge in [-0.1, -0.05) is 30.3 Å². The first kappa shape index (κ1) is 19.9. The molecule has 0 bridgehead atoms. The number of ether oxygens (including phenoxy) is 1. The Hall–Kier alpha value is -2.86. The Balaban J connectivity index is 1.62. The largest absolute Gasteiger partial charge is 0.478 e. The molecule has 0 radical (unpaired) electrons. The molecule has 2 aromatic rings. The Morgan fingerprint density at radius 1 is 1.11 bits per heavy atom. The van der Waals surface area contributed by atoms with E-state index in [1.165, 1.54) is 6.92 Å². The number of aliphatic carboxylic acids is 1. The fourth-order valence-corrected chi connectivity index (χ4v) is 3.47. The molecular formula is C22H26N2O4. The van der Waals surface area contributed by atoms with Crippen molar-refractivity contribution < 1.29 is 19.4 Å². The Labute approximate surface area is 165 Å². The van der Waals surface area contributed by atoms with Crippen molar-refractivity contribution in [2.75, 3.05) is 18.4 Å². The van der Waals surface area contributed by atoms with Gasteiger partial charge in [0.25, 0.3) is 0 Å². The summed E-state index contributed by atoms with van der Waals surface area (Å²) in [6.07, 6.45) is 0.862. The Morgan fingerprint density at radius 3 is 2.32 bits per heavy atom. The number of nitrogens with zero attached hydrogens (tertiary/aromatic N) is 1. The molecule has 1 saturated heterocycles. The summed E-state index contributed by atoms with van der Waals surface area (Å²) in [4.78, 5) is 25.3. The van der Waals surface area contributed by atoms with Gasteiger partial charge in [0, 0.05) is 45.1 Å². The Bertz CT molecular complexity index is 840. The van der Waals surface area contributed by atoms with Crippen molar-refractivity contribution in [1.29, 1.82) is 0 Å². The molecule has 1 aliphatic rings. The van der Waals surface area contributed by atoms with Crippen LogP contribution < -0.4 is 10.1 Å². The van der Waals surface area contributed by atoms with Crippen LogP contribution in [-0.2, 0) is 16.1 Å². The first-order chi connectivity index (χ1) is 13.4. The number of nitrogens with one attached hydrogen (secondary N) is 1. The van der Waals surface area contributed by atoms with Gasteiger partial charge in [-0.15, -0.1) is 0 Å². The number of amides is 1. The van der Waals surface area contributed by atoms with Crippen molar-refractivity contribution in [1.82, 2.24) is 4.90 Å². The standard InChI is InChI=1S/C22H26N2O4/c1-16-5-3-4-6-20(16)28-22(21(26)27)11-13-24(14-12-22)15-18-7-9-19(10-8-18)23-17(2)25/h3-10H,11-15H2,1-2H3,(H,23,25)(H,26,27).